The first-order valence-electron chi connectivity index (χ1n) is 7.56. The first kappa shape index (κ1) is 17.9. The molecule has 1 fully saturated rings. The van der Waals surface area contributed by atoms with Gasteiger partial charge in [-0.15, -0.1) is 0 Å². The summed E-state index contributed by atoms with van der Waals surface area (Å²) in [6.45, 7) is 3.15. The van der Waals surface area contributed by atoms with Gasteiger partial charge in [-0.1, -0.05) is 19.1 Å². The number of hydrogen-bond acceptors (Lipinski definition) is 5. The average molecular weight is 352 g/mol. The predicted molar refractivity (Wildman–Crippen MR) is 94.0 cm³/mol. The lowest BCUT2D eigenvalue weighted by Crippen LogP contribution is -2.52. The molecule has 0 bridgehead atoms. The number of carbonyl (C=O) groups is 1. The van der Waals surface area contributed by atoms with Crippen LogP contribution in [0.1, 0.15) is 13.3 Å². The molecule has 1 aliphatic heterocycles. The summed E-state index contributed by atoms with van der Waals surface area (Å²) >= 11 is 5.27. The summed E-state index contributed by atoms with van der Waals surface area (Å²) in [6, 6.07) is 6.41. The van der Waals surface area contributed by atoms with E-state index in [1.54, 1.807) is 23.1 Å². The van der Waals surface area contributed by atoms with Gasteiger partial charge in [0.2, 0.25) is 0 Å². The van der Waals surface area contributed by atoms with Crippen molar-refractivity contribution >= 4 is 34.8 Å². The number of methoxy groups -OCH3 is 1. The van der Waals surface area contributed by atoms with Gasteiger partial charge in [-0.25, -0.2) is 4.79 Å². The number of hydrogen-bond donors (Lipinski definition) is 2. The zero-order valence-electron chi connectivity index (χ0n) is 13.5. The molecule has 130 valence electrons. The molecule has 8 nitrogen and oxygen atoms in total. The van der Waals surface area contributed by atoms with Crippen molar-refractivity contribution in [3.63, 3.8) is 0 Å². The minimum absolute atomic E-state index is 0.0322. The monoisotopic (exact) mass is 352 g/mol. The van der Waals surface area contributed by atoms with Crippen molar-refractivity contribution in [3.05, 3.63) is 34.4 Å². The van der Waals surface area contributed by atoms with Gasteiger partial charge in [0, 0.05) is 25.2 Å². The van der Waals surface area contributed by atoms with Gasteiger partial charge in [0.1, 0.15) is 5.69 Å². The fraction of sp³-hybridized carbons (Fsp3) is 0.467. The van der Waals surface area contributed by atoms with Gasteiger partial charge in [-0.3, -0.25) is 10.1 Å². The number of anilines is 1. The summed E-state index contributed by atoms with van der Waals surface area (Å²) < 4.78 is 4.73. The Morgan fingerprint density at radius 3 is 2.79 bits per heavy atom. The van der Waals surface area contributed by atoms with Crippen molar-refractivity contribution in [2.75, 3.05) is 25.5 Å². The van der Waals surface area contributed by atoms with Crippen molar-refractivity contribution in [1.29, 1.82) is 0 Å². The van der Waals surface area contributed by atoms with Crippen LogP contribution in [-0.4, -0.2) is 47.3 Å². The molecule has 1 amide bonds. The molecule has 2 N–H and O–H groups in total. The second-order valence-electron chi connectivity index (χ2n) is 5.66. The van der Waals surface area contributed by atoms with Gasteiger partial charge in [0.05, 0.1) is 12.0 Å². The van der Waals surface area contributed by atoms with Crippen molar-refractivity contribution in [3.8, 4) is 0 Å². The Kier molecular flexibility index (Phi) is 5.91. The molecule has 0 unspecified atom stereocenters. The van der Waals surface area contributed by atoms with Crippen LogP contribution in [0.25, 0.3) is 0 Å². The third-order valence-corrected chi connectivity index (χ3v) is 4.22. The Labute approximate surface area is 145 Å². The van der Waals surface area contributed by atoms with E-state index in [1.807, 2.05) is 6.92 Å². The minimum atomic E-state index is -0.456. The van der Waals surface area contributed by atoms with E-state index in [0.29, 0.717) is 23.9 Å². The van der Waals surface area contributed by atoms with Crippen molar-refractivity contribution in [2.45, 2.75) is 19.4 Å². The number of nitrogens with zero attached hydrogens (tertiary/aromatic N) is 2. The lowest BCUT2D eigenvalue weighted by molar-refractivity contribution is -0.383. The van der Waals surface area contributed by atoms with E-state index >= 15 is 0 Å². The van der Waals surface area contributed by atoms with Gasteiger partial charge in [-0.05, 0) is 30.6 Å². The van der Waals surface area contributed by atoms with Crippen molar-refractivity contribution in [1.82, 2.24) is 10.2 Å². The Bertz CT molecular complexity index is 640. The van der Waals surface area contributed by atoms with Crippen LogP contribution in [0.3, 0.4) is 0 Å². The molecule has 1 aromatic carbocycles. The topological polar surface area (TPSA) is 96.7 Å². The summed E-state index contributed by atoms with van der Waals surface area (Å²) in [5.74, 6) is 0.170. The van der Waals surface area contributed by atoms with E-state index in [9.17, 15) is 14.9 Å². The van der Waals surface area contributed by atoms with Crippen LogP contribution in [0.15, 0.2) is 24.3 Å². The molecule has 1 saturated heterocycles. The number of nitrogens with one attached hydrogen (secondary N) is 2. The van der Waals surface area contributed by atoms with E-state index in [-0.39, 0.29) is 23.7 Å². The highest BCUT2D eigenvalue weighted by Crippen LogP contribution is 2.23. The molecule has 1 aliphatic rings. The predicted octanol–water partition coefficient (Wildman–Crippen LogP) is 2.36. The molecule has 9 heteroatoms. The number of amides is 1. The molecular weight excluding hydrogens is 332 g/mol. The normalized spacial score (nSPS) is 20.2. The number of carbonyl (C=O) groups excluding carboxylic acids is 1. The van der Waals surface area contributed by atoms with E-state index < -0.39 is 4.92 Å². The molecule has 0 spiro atoms. The Balaban J connectivity index is 1.94. The molecular formula is C15H20N4O4S. The molecule has 0 saturated carbocycles. The molecule has 0 aromatic heterocycles. The summed E-state index contributed by atoms with van der Waals surface area (Å²) in [5.41, 5.74) is 0.315. The zero-order valence-corrected chi connectivity index (χ0v) is 14.3. The largest absolute Gasteiger partial charge is 0.453 e. The quantitative estimate of drug-likeness (QED) is 0.490. The van der Waals surface area contributed by atoms with E-state index in [2.05, 4.69) is 10.6 Å². The standard InChI is InChI=1S/C15H20N4O4S/c1-10-9-18(15(20)23-2)8-7-11(10)16-14(24)17-12-5-3-4-6-13(12)19(21)22/h3-6,10-11H,7-9H2,1-2H3,(H2,16,17,24)/t10-,11-/m1/s1. The number of para-hydroxylation sites is 2. The molecule has 1 heterocycles. The summed E-state index contributed by atoms with van der Waals surface area (Å²) in [7, 11) is 1.36. The van der Waals surface area contributed by atoms with Crippen molar-refractivity contribution < 1.29 is 14.5 Å². The lowest BCUT2D eigenvalue weighted by atomic mass is 9.94. The highest BCUT2D eigenvalue weighted by atomic mass is 32.1. The molecule has 0 radical (unpaired) electrons. The first-order chi connectivity index (χ1) is 11.4. The van der Waals surface area contributed by atoms with E-state index in [4.69, 9.17) is 17.0 Å². The maximum Gasteiger partial charge on any atom is 0.409 e. The molecule has 2 rings (SSSR count). The van der Waals surface area contributed by atoms with E-state index in [0.717, 1.165) is 6.42 Å². The second-order valence-corrected chi connectivity index (χ2v) is 6.07. The number of ether oxygens (including phenoxy) is 1. The number of benzene rings is 1. The molecule has 2 atom stereocenters. The Hall–Kier alpha value is -2.42. The fourth-order valence-electron chi connectivity index (χ4n) is 2.72. The Morgan fingerprint density at radius 1 is 1.46 bits per heavy atom. The highest BCUT2D eigenvalue weighted by Gasteiger charge is 2.29. The second kappa shape index (κ2) is 7.91. The van der Waals surface area contributed by atoms with Crippen LogP contribution in [0.4, 0.5) is 16.2 Å². The number of piperidine rings is 1. The van der Waals surface area contributed by atoms with Crippen LogP contribution in [0.2, 0.25) is 0 Å². The van der Waals surface area contributed by atoms with E-state index in [1.165, 1.54) is 13.2 Å². The van der Waals surface area contributed by atoms with Crippen LogP contribution in [0.5, 0.6) is 0 Å². The minimum Gasteiger partial charge on any atom is -0.453 e. The maximum absolute atomic E-state index is 11.6. The van der Waals surface area contributed by atoms with Gasteiger partial charge in [-0.2, -0.15) is 0 Å². The van der Waals surface area contributed by atoms with Gasteiger partial charge >= 0.3 is 6.09 Å². The third kappa shape index (κ3) is 4.31. The summed E-state index contributed by atoms with van der Waals surface area (Å²) in [6.07, 6.45) is 0.385. The summed E-state index contributed by atoms with van der Waals surface area (Å²) in [5, 5.41) is 17.4. The summed E-state index contributed by atoms with van der Waals surface area (Å²) in [4.78, 5) is 23.8. The van der Waals surface area contributed by atoms with Crippen LogP contribution in [-0.2, 0) is 4.74 Å². The maximum atomic E-state index is 11.6. The smallest absolute Gasteiger partial charge is 0.409 e. The SMILES string of the molecule is COC(=O)N1CC[C@@H](NC(=S)Nc2ccccc2[N+](=O)[O-])[C@H](C)C1. The van der Waals surface area contributed by atoms with Crippen LogP contribution in [0, 0.1) is 16.0 Å². The average Bonchev–Trinajstić information content (AvgIpc) is 2.56. The first-order valence-corrected chi connectivity index (χ1v) is 7.97. The van der Waals surface area contributed by atoms with Crippen molar-refractivity contribution in [2.24, 2.45) is 5.92 Å². The molecule has 24 heavy (non-hydrogen) atoms. The number of thiocarbonyl (C=S) groups is 1. The van der Waals surface area contributed by atoms with Crippen LogP contribution < -0.4 is 10.6 Å². The van der Waals surface area contributed by atoms with Gasteiger partial charge in [0.25, 0.3) is 5.69 Å². The van der Waals surface area contributed by atoms with Gasteiger partial charge in [0.15, 0.2) is 5.11 Å². The fourth-order valence-corrected chi connectivity index (χ4v) is 2.98. The number of rotatable bonds is 3. The number of nitro benzene ring substituents is 1. The highest BCUT2D eigenvalue weighted by molar-refractivity contribution is 7.80. The molecule has 0 aliphatic carbocycles. The third-order valence-electron chi connectivity index (χ3n) is 4.00. The lowest BCUT2D eigenvalue weighted by Gasteiger charge is -2.36. The Morgan fingerprint density at radius 2 is 2.17 bits per heavy atom. The number of likely N-dealkylation sites (tertiary alicyclic amines) is 1. The van der Waals surface area contributed by atoms with Gasteiger partial charge < -0.3 is 20.3 Å². The van der Waals surface area contributed by atoms with Crippen LogP contribution >= 0.6 is 12.2 Å². The zero-order chi connectivity index (χ0) is 17.7. The molecule has 1 aromatic rings. The number of nitro groups is 1.